The molecule has 0 aliphatic carbocycles. The molecule has 0 spiro atoms. The third-order valence-corrected chi connectivity index (χ3v) is 5.93. The van der Waals surface area contributed by atoms with E-state index in [9.17, 15) is 18.0 Å². The number of benzene rings is 1. The van der Waals surface area contributed by atoms with Crippen molar-refractivity contribution >= 4 is 11.7 Å². The molecule has 1 aromatic carbocycles. The van der Waals surface area contributed by atoms with E-state index in [1.54, 1.807) is 35.8 Å². The maximum atomic E-state index is 13.2. The van der Waals surface area contributed by atoms with Gasteiger partial charge in [0.1, 0.15) is 0 Å². The normalized spacial score (nSPS) is 15.1. The molecule has 4 rings (SSSR count). The predicted octanol–water partition coefficient (Wildman–Crippen LogP) is 5.19. The molecule has 2 aromatic heterocycles. The number of hydrogen-bond acceptors (Lipinski definition) is 4. The number of urea groups is 1. The number of rotatable bonds is 6. The maximum Gasteiger partial charge on any atom is 0.416 e. The van der Waals surface area contributed by atoms with Crippen LogP contribution in [0.3, 0.4) is 0 Å². The summed E-state index contributed by atoms with van der Waals surface area (Å²) < 4.78 is 39.3. The molecule has 1 aliphatic heterocycles. The molecule has 0 radical (unpaired) electrons. The Morgan fingerprint density at radius 3 is 2.44 bits per heavy atom. The zero-order valence-electron chi connectivity index (χ0n) is 18.6. The molecule has 0 unspecified atom stereocenters. The van der Waals surface area contributed by atoms with Gasteiger partial charge in [-0.1, -0.05) is 12.1 Å². The first kappa shape index (κ1) is 23.7. The predicted molar refractivity (Wildman–Crippen MR) is 123 cm³/mol. The summed E-state index contributed by atoms with van der Waals surface area (Å²) in [4.78, 5) is 25.5. The van der Waals surface area contributed by atoms with Crippen LogP contribution in [0.15, 0.2) is 73.3 Å². The highest BCUT2D eigenvalue weighted by atomic mass is 19.4. The highest BCUT2D eigenvalue weighted by Gasteiger charge is 2.31. The number of nitrogens with one attached hydrogen (secondary N) is 1. The number of pyridine rings is 2. The number of carbonyl (C=O) groups excluding carboxylic acids is 1. The van der Waals surface area contributed by atoms with Gasteiger partial charge in [0.25, 0.3) is 0 Å². The molecule has 9 heteroatoms. The molecular weight excluding hydrogens is 443 g/mol. The zero-order valence-corrected chi connectivity index (χ0v) is 18.6. The summed E-state index contributed by atoms with van der Waals surface area (Å²) >= 11 is 0. The average Bonchev–Trinajstić information content (AvgIpc) is 2.84. The Labute approximate surface area is 196 Å². The monoisotopic (exact) mass is 469 g/mol. The fraction of sp³-hybridized carbons (Fsp3) is 0.320. The van der Waals surface area contributed by atoms with E-state index in [4.69, 9.17) is 0 Å². The largest absolute Gasteiger partial charge is 0.416 e. The Balaban J connectivity index is 1.46. The number of amides is 2. The first-order valence-corrected chi connectivity index (χ1v) is 11.1. The summed E-state index contributed by atoms with van der Waals surface area (Å²) in [5.41, 5.74) is 1.36. The van der Waals surface area contributed by atoms with Gasteiger partial charge in [-0.2, -0.15) is 13.2 Å². The summed E-state index contributed by atoms with van der Waals surface area (Å²) in [5, 5.41) is 2.67. The Hall–Kier alpha value is -3.46. The van der Waals surface area contributed by atoms with Gasteiger partial charge in [-0.25, -0.2) is 4.79 Å². The molecule has 3 aromatic rings. The second kappa shape index (κ2) is 10.6. The van der Waals surface area contributed by atoms with E-state index in [1.807, 2.05) is 18.2 Å². The molecule has 2 amide bonds. The Morgan fingerprint density at radius 1 is 1.00 bits per heavy atom. The number of anilines is 1. The van der Waals surface area contributed by atoms with Crippen LogP contribution in [0, 0.1) is 0 Å². The van der Waals surface area contributed by atoms with Crippen LogP contribution in [0.5, 0.6) is 0 Å². The molecule has 34 heavy (non-hydrogen) atoms. The number of aromatic nitrogens is 2. The van der Waals surface area contributed by atoms with Gasteiger partial charge in [-0.3, -0.25) is 14.9 Å². The van der Waals surface area contributed by atoms with Crippen molar-refractivity contribution in [2.45, 2.75) is 38.1 Å². The minimum absolute atomic E-state index is 0.0419. The summed E-state index contributed by atoms with van der Waals surface area (Å²) in [6, 6.07) is 11.9. The quantitative estimate of drug-likeness (QED) is 0.540. The van der Waals surface area contributed by atoms with E-state index >= 15 is 0 Å². The zero-order chi connectivity index (χ0) is 24.0. The fourth-order valence-corrected chi connectivity index (χ4v) is 4.16. The highest BCUT2D eigenvalue weighted by Crippen LogP contribution is 2.31. The molecule has 0 saturated carbocycles. The van der Waals surface area contributed by atoms with Crippen molar-refractivity contribution in [3.8, 4) is 0 Å². The summed E-state index contributed by atoms with van der Waals surface area (Å²) in [5.74, 6) is 0. The molecule has 1 N–H and O–H groups in total. The molecule has 0 bridgehead atoms. The lowest BCUT2D eigenvalue weighted by Crippen LogP contribution is -2.48. The number of carbonyl (C=O) groups is 1. The Morgan fingerprint density at radius 2 is 1.76 bits per heavy atom. The van der Waals surface area contributed by atoms with Crippen LogP contribution in [0.1, 0.15) is 29.5 Å². The molecule has 3 heterocycles. The number of likely N-dealkylation sites (tertiary alicyclic amines) is 1. The number of alkyl halides is 3. The van der Waals surface area contributed by atoms with Gasteiger partial charge >= 0.3 is 12.2 Å². The average molecular weight is 470 g/mol. The SMILES string of the molecule is O=C(Nc1cccc(C(F)(F)F)c1)N(Cc1cccnc1)C1CCN(Cc2ccncc2)CC1. The van der Waals surface area contributed by atoms with Crippen molar-refractivity contribution < 1.29 is 18.0 Å². The van der Waals surface area contributed by atoms with Gasteiger partial charge in [0.05, 0.1) is 5.56 Å². The first-order valence-electron chi connectivity index (χ1n) is 11.1. The van der Waals surface area contributed by atoms with Gasteiger partial charge < -0.3 is 10.2 Å². The van der Waals surface area contributed by atoms with Gasteiger partial charge in [0.2, 0.25) is 0 Å². The van der Waals surface area contributed by atoms with E-state index in [-0.39, 0.29) is 11.7 Å². The van der Waals surface area contributed by atoms with Crippen LogP contribution in [0.25, 0.3) is 0 Å². The molecular formula is C25H26F3N5O. The van der Waals surface area contributed by atoms with Crippen molar-refractivity contribution in [2.75, 3.05) is 18.4 Å². The molecule has 1 aliphatic rings. The van der Waals surface area contributed by atoms with Crippen molar-refractivity contribution in [3.63, 3.8) is 0 Å². The van der Waals surface area contributed by atoms with Gasteiger partial charge in [0, 0.05) is 62.7 Å². The second-order valence-corrected chi connectivity index (χ2v) is 8.36. The van der Waals surface area contributed by atoms with Crippen molar-refractivity contribution in [2.24, 2.45) is 0 Å². The topological polar surface area (TPSA) is 61.4 Å². The molecule has 0 atom stereocenters. The van der Waals surface area contributed by atoms with Crippen LogP contribution in [0.4, 0.5) is 23.7 Å². The van der Waals surface area contributed by atoms with E-state index in [0.717, 1.165) is 50.2 Å². The summed E-state index contributed by atoms with van der Waals surface area (Å²) in [6.07, 6.45) is 3.96. The van der Waals surface area contributed by atoms with Crippen LogP contribution in [0.2, 0.25) is 0 Å². The maximum absolute atomic E-state index is 13.2. The van der Waals surface area contributed by atoms with Crippen molar-refractivity contribution in [1.29, 1.82) is 0 Å². The molecule has 6 nitrogen and oxygen atoms in total. The number of hydrogen-bond donors (Lipinski definition) is 1. The van der Waals surface area contributed by atoms with Crippen molar-refractivity contribution in [3.05, 3.63) is 90.0 Å². The molecule has 178 valence electrons. The lowest BCUT2D eigenvalue weighted by molar-refractivity contribution is -0.137. The number of halogens is 3. The first-order chi connectivity index (χ1) is 16.4. The lowest BCUT2D eigenvalue weighted by Gasteiger charge is -2.38. The van der Waals surface area contributed by atoms with E-state index < -0.39 is 17.8 Å². The lowest BCUT2D eigenvalue weighted by atomic mass is 10.0. The van der Waals surface area contributed by atoms with Gasteiger partial charge in [0.15, 0.2) is 0 Å². The van der Waals surface area contributed by atoms with E-state index in [0.29, 0.717) is 6.54 Å². The van der Waals surface area contributed by atoms with Gasteiger partial charge in [-0.05, 0) is 60.4 Å². The third-order valence-electron chi connectivity index (χ3n) is 5.93. The number of nitrogens with zero attached hydrogens (tertiary/aromatic N) is 4. The standard InChI is InChI=1S/C25H26F3N5O/c26-25(27,28)21-4-1-5-22(15-21)31-24(34)33(18-20-3-2-10-30-16-20)23-8-13-32(14-9-23)17-19-6-11-29-12-7-19/h1-7,10-12,15-16,23H,8-9,13-14,17-18H2,(H,31,34). The van der Waals surface area contributed by atoms with Crippen molar-refractivity contribution in [1.82, 2.24) is 19.8 Å². The third kappa shape index (κ3) is 6.32. The second-order valence-electron chi connectivity index (χ2n) is 8.36. The van der Waals surface area contributed by atoms with E-state index in [2.05, 4.69) is 20.2 Å². The van der Waals surface area contributed by atoms with Crippen LogP contribution >= 0.6 is 0 Å². The summed E-state index contributed by atoms with van der Waals surface area (Å²) in [7, 11) is 0. The van der Waals surface area contributed by atoms with Crippen LogP contribution in [-0.4, -0.2) is 44.9 Å². The fourth-order valence-electron chi connectivity index (χ4n) is 4.16. The Kier molecular flexibility index (Phi) is 7.42. The van der Waals surface area contributed by atoms with E-state index in [1.165, 1.54) is 17.7 Å². The van der Waals surface area contributed by atoms with Gasteiger partial charge in [-0.15, -0.1) is 0 Å². The smallest absolute Gasteiger partial charge is 0.317 e. The minimum atomic E-state index is -4.47. The highest BCUT2D eigenvalue weighted by molar-refractivity contribution is 5.89. The minimum Gasteiger partial charge on any atom is -0.317 e. The molecule has 1 fully saturated rings. The number of piperidine rings is 1. The van der Waals surface area contributed by atoms with Crippen LogP contribution in [-0.2, 0) is 19.3 Å². The van der Waals surface area contributed by atoms with Crippen LogP contribution < -0.4 is 5.32 Å². The summed E-state index contributed by atoms with van der Waals surface area (Å²) in [6.45, 7) is 2.77. The Bertz CT molecular complexity index is 1070. The molecule has 1 saturated heterocycles.